The third-order valence-corrected chi connectivity index (χ3v) is 5.09. The van der Waals surface area contributed by atoms with E-state index in [9.17, 15) is 13.2 Å². The van der Waals surface area contributed by atoms with Crippen molar-refractivity contribution in [2.75, 3.05) is 11.9 Å². The van der Waals surface area contributed by atoms with Crippen molar-refractivity contribution >= 4 is 21.4 Å². The van der Waals surface area contributed by atoms with E-state index in [0.29, 0.717) is 5.69 Å². The summed E-state index contributed by atoms with van der Waals surface area (Å²) in [4.78, 5) is 14.0. The highest BCUT2D eigenvalue weighted by atomic mass is 32.2. The first kappa shape index (κ1) is 11.9. The van der Waals surface area contributed by atoms with Gasteiger partial charge in [-0.25, -0.2) is 8.42 Å². The van der Waals surface area contributed by atoms with Crippen molar-refractivity contribution in [3.8, 4) is 0 Å². The summed E-state index contributed by atoms with van der Waals surface area (Å²) in [6, 6.07) is 12.8. The molecule has 0 saturated heterocycles. The van der Waals surface area contributed by atoms with Crippen LogP contribution in [0.3, 0.4) is 0 Å². The molecule has 0 aromatic heterocycles. The van der Waals surface area contributed by atoms with Crippen LogP contribution in [0.15, 0.2) is 58.3 Å². The predicted octanol–water partition coefficient (Wildman–Crippen LogP) is 2.11. The zero-order chi connectivity index (χ0) is 13.6. The molecule has 0 atom stereocenters. The third-order valence-electron chi connectivity index (χ3n) is 3.23. The Bertz CT molecular complexity index is 781. The minimum absolute atomic E-state index is 0.0665. The predicted molar refractivity (Wildman–Crippen MR) is 71.1 cm³/mol. The molecule has 0 saturated carbocycles. The van der Waals surface area contributed by atoms with Gasteiger partial charge in [-0.1, -0.05) is 24.3 Å². The number of benzene rings is 2. The van der Waals surface area contributed by atoms with Gasteiger partial charge in [-0.15, -0.1) is 0 Å². The number of carbonyl (C=O) groups excluding carboxylic acids is 1. The van der Waals surface area contributed by atoms with Gasteiger partial charge in [0.05, 0.1) is 21.0 Å². The molecule has 0 spiro atoms. The summed E-state index contributed by atoms with van der Waals surface area (Å²) in [5, 5.41) is 0. The summed E-state index contributed by atoms with van der Waals surface area (Å²) in [5.41, 5.74) is 0.616. The first-order valence-corrected chi connectivity index (χ1v) is 7.23. The van der Waals surface area contributed by atoms with Crippen LogP contribution in [-0.2, 0) is 9.84 Å². The topological polar surface area (TPSA) is 54.5 Å². The van der Waals surface area contributed by atoms with E-state index in [0.717, 1.165) is 0 Å². The van der Waals surface area contributed by atoms with Gasteiger partial charge in [-0.3, -0.25) is 4.79 Å². The lowest BCUT2D eigenvalue weighted by Crippen LogP contribution is -2.25. The van der Waals surface area contributed by atoms with E-state index < -0.39 is 9.84 Å². The summed E-state index contributed by atoms with van der Waals surface area (Å²) in [7, 11) is -2.08. The molecule has 0 N–H and O–H groups in total. The Morgan fingerprint density at radius 2 is 1.47 bits per heavy atom. The molecule has 1 aliphatic heterocycles. The Kier molecular flexibility index (Phi) is 2.46. The van der Waals surface area contributed by atoms with Crippen molar-refractivity contribution in [1.29, 1.82) is 0 Å². The Hall–Kier alpha value is -2.14. The lowest BCUT2D eigenvalue weighted by molar-refractivity contribution is 0.0990. The fourth-order valence-corrected chi connectivity index (χ4v) is 3.93. The van der Waals surface area contributed by atoms with E-state index in [1.54, 1.807) is 37.4 Å². The van der Waals surface area contributed by atoms with Gasteiger partial charge in [0.15, 0.2) is 0 Å². The SMILES string of the molecule is CN1C(=O)c2ccccc2S(=O)(=O)c2ccccc21. The molecule has 3 rings (SSSR count). The van der Waals surface area contributed by atoms with Gasteiger partial charge in [0, 0.05) is 7.05 Å². The van der Waals surface area contributed by atoms with Crippen molar-refractivity contribution in [1.82, 2.24) is 0 Å². The molecule has 4 nitrogen and oxygen atoms in total. The van der Waals surface area contributed by atoms with Crippen LogP contribution in [0.5, 0.6) is 0 Å². The Balaban J connectivity index is 2.47. The maximum atomic E-state index is 12.6. The van der Waals surface area contributed by atoms with Gasteiger partial charge in [0.25, 0.3) is 5.91 Å². The van der Waals surface area contributed by atoms with E-state index in [4.69, 9.17) is 0 Å². The first-order valence-electron chi connectivity index (χ1n) is 5.74. The molecule has 0 fully saturated rings. The smallest absolute Gasteiger partial charge is 0.259 e. The number of sulfone groups is 1. The highest BCUT2D eigenvalue weighted by molar-refractivity contribution is 7.91. The number of rotatable bonds is 0. The number of fused-ring (bicyclic) bond motifs is 2. The number of anilines is 1. The summed E-state index contributed by atoms with van der Waals surface area (Å²) >= 11 is 0. The number of amides is 1. The number of carbonyl (C=O) groups is 1. The number of para-hydroxylation sites is 1. The standard InChI is InChI=1S/C14H11NO3S/c1-15-11-7-3-5-9-13(11)19(17,18)12-8-4-2-6-10(12)14(15)16/h2-9H,1H3. The lowest BCUT2D eigenvalue weighted by atomic mass is 10.2. The van der Waals surface area contributed by atoms with Crippen molar-refractivity contribution < 1.29 is 13.2 Å². The van der Waals surface area contributed by atoms with Gasteiger partial charge >= 0.3 is 0 Å². The molecule has 2 aromatic carbocycles. The Morgan fingerprint density at radius 3 is 2.21 bits per heavy atom. The average Bonchev–Trinajstić information content (AvgIpc) is 2.50. The second-order valence-corrected chi connectivity index (χ2v) is 6.22. The van der Waals surface area contributed by atoms with Gasteiger partial charge < -0.3 is 4.90 Å². The van der Waals surface area contributed by atoms with Crippen LogP contribution in [0.2, 0.25) is 0 Å². The van der Waals surface area contributed by atoms with Crippen molar-refractivity contribution in [3.05, 3.63) is 54.1 Å². The van der Waals surface area contributed by atoms with Crippen LogP contribution in [0.1, 0.15) is 10.4 Å². The van der Waals surface area contributed by atoms with Crippen LogP contribution in [0.25, 0.3) is 0 Å². The van der Waals surface area contributed by atoms with Gasteiger partial charge in [-0.2, -0.15) is 0 Å². The molecule has 1 aliphatic rings. The molecule has 0 bridgehead atoms. The molecule has 0 aliphatic carbocycles. The minimum atomic E-state index is -3.67. The Labute approximate surface area is 111 Å². The molecule has 19 heavy (non-hydrogen) atoms. The number of hydrogen-bond acceptors (Lipinski definition) is 3. The summed E-state index contributed by atoms with van der Waals surface area (Å²) in [6.07, 6.45) is 0. The van der Waals surface area contributed by atoms with Crippen LogP contribution in [-0.4, -0.2) is 21.4 Å². The molecule has 96 valence electrons. The summed E-state index contributed by atoms with van der Waals surface area (Å²) < 4.78 is 25.3. The maximum Gasteiger partial charge on any atom is 0.259 e. The highest BCUT2D eigenvalue weighted by Crippen LogP contribution is 2.35. The average molecular weight is 273 g/mol. The third kappa shape index (κ3) is 1.58. The van der Waals surface area contributed by atoms with Crippen molar-refractivity contribution in [3.63, 3.8) is 0 Å². The number of nitrogens with zero attached hydrogens (tertiary/aromatic N) is 1. The molecule has 2 aromatic rings. The second-order valence-electron chi connectivity index (χ2n) is 4.33. The van der Waals surface area contributed by atoms with E-state index in [2.05, 4.69) is 0 Å². The van der Waals surface area contributed by atoms with Crippen molar-refractivity contribution in [2.24, 2.45) is 0 Å². The monoisotopic (exact) mass is 273 g/mol. The van der Waals surface area contributed by atoms with Crippen LogP contribution < -0.4 is 4.90 Å². The lowest BCUT2D eigenvalue weighted by Gasteiger charge is -2.16. The zero-order valence-electron chi connectivity index (χ0n) is 10.2. The van der Waals surface area contributed by atoms with E-state index in [1.165, 1.54) is 23.1 Å². The van der Waals surface area contributed by atoms with Crippen LogP contribution in [0.4, 0.5) is 5.69 Å². The molecular formula is C14H11NO3S. The quantitative estimate of drug-likeness (QED) is 0.738. The first-order chi connectivity index (χ1) is 9.03. The number of hydrogen-bond donors (Lipinski definition) is 0. The largest absolute Gasteiger partial charge is 0.310 e. The molecular weight excluding hydrogens is 262 g/mol. The zero-order valence-corrected chi connectivity index (χ0v) is 11.0. The summed E-state index contributed by atoms with van der Waals surface area (Å²) in [5.74, 6) is -0.316. The normalized spacial score (nSPS) is 16.5. The van der Waals surface area contributed by atoms with Gasteiger partial charge in [0.1, 0.15) is 0 Å². The molecule has 5 heteroatoms. The Morgan fingerprint density at radius 1 is 0.895 bits per heavy atom. The van der Waals surface area contributed by atoms with Gasteiger partial charge in [0.2, 0.25) is 9.84 Å². The van der Waals surface area contributed by atoms with Gasteiger partial charge in [-0.05, 0) is 24.3 Å². The van der Waals surface area contributed by atoms with Crippen molar-refractivity contribution in [2.45, 2.75) is 9.79 Å². The van der Waals surface area contributed by atoms with E-state index in [-0.39, 0.29) is 21.3 Å². The minimum Gasteiger partial charge on any atom is -0.310 e. The molecule has 0 radical (unpaired) electrons. The highest BCUT2D eigenvalue weighted by Gasteiger charge is 2.33. The molecule has 0 unspecified atom stereocenters. The fraction of sp³-hybridized carbons (Fsp3) is 0.0714. The maximum absolute atomic E-state index is 12.6. The molecule has 1 amide bonds. The van der Waals surface area contributed by atoms with Crippen LogP contribution >= 0.6 is 0 Å². The van der Waals surface area contributed by atoms with E-state index >= 15 is 0 Å². The van der Waals surface area contributed by atoms with E-state index in [1.807, 2.05) is 0 Å². The van der Waals surface area contributed by atoms with Crippen LogP contribution in [0, 0.1) is 0 Å². The second kappa shape index (κ2) is 3.93. The summed E-state index contributed by atoms with van der Waals surface area (Å²) in [6.45, 7) is 0. The fourth-order valence-electron chi connectivity index (χ4n) is 2.25. The molecule has 1 heterocycles.